The lowest BCUT2D eigenvalue weighted by molar-refractivity contribution is -0.133. The largest absolute Gasteiger partial charge is 0.377 e. The maximum Gasteiger partial charge on any atom is 0.246 e. The fraction of sp³-hybridized carbons (Fsp3) is 0.800. The summed E-state index contributed by atoms with van der Waals surface area (Å²) in [7, 11) is 0. The first-order valence-electron chi connectivity index (χ1n) is 13.9. The van der Waals surface area contributed by atoms with Crippen LogP contribution in [-0.2, 0) is 42.9 Å². The second-order valence-corrected chi connectivity index (χ2v) is 8.97. The molecule has 17 nitrogen and oxygen atoms in total. The third-order valence-corrected chi connectivity index (χ3v) is 5.27. The third-order valence-electron chi connectivity index (χ3n) is 5.27. The van der Waals surface area contributed by atoms with E-state index in [-0.39, 0.29) is 96.3 Å². The van der Waals surface area contributed by atoms with E-state index in [0.717, 1.165) is 0 Å². The van der Waals surface area contributed by atoms with Gasteiger partial charge in [0.15, 0.2) is 6.29 Å². The second-order valence-electron chi connectivity index (χ2n) is 8.97. The summed E-state index contributed by atoms with van der Waals surface area (Å²) in [5, 5.41) is 29.2. The first kappa shape index (κ1) is 39.1. The predicted molar refractivity (Wildman–Crippen MR) is 148 cm³/mol. The standard InChI is InChI=1S/C25H48N6O11/c26-7-1-4-21(33)29-9-11-39-13-15-41-17-23(35)30-10-12-40-14-16-42-18-24(36)31-19(25(37)38)5-6-22(34)28-8-2-3-20(27)32/h19,25,37-38H,1-18,26H2,(H2,27,32)(H,28,34)(H,29,33)(H,30,35)(H,31,36)/t19-/m0/s1. The highest BCUT2D eigenvalue weighted by Crippen LogP contribution is 2.02. The van der Waals surface area contributed by atoms with Gasteiger partial charge in [0.2, 0.25) is 29.5 Å². The molecule has 0 aliphatic heterocycles. The molecular weight excluding hydrogens is 560 g/mol. The Balaban J connectivity index is 3.69. The van der Waals surface area contributed by atoms with Crippen molar-refractivity contribution >= 4 is 29.5 Å². The number of carbonyl (C=O) groups excluding carboxylic acids is 5. The van der Waals surface area contributed by atoms with Crippen LogP contribution >= 0.6 is 0 Å². The van der Waals surface area contributed by atoms with Gasteiger partial charge in [-0.3, -0.25) is 24.0 Å². The van der Waals surface area contributed by atoms with Gasteiger partial charge in [-0.2, -0.15) is 0 Å². The van der Waals surface area contributed by atoms with Crippen LogP contribution in [0.2, 0.25) is 0 Å². The summed E-state index contributed by atoms with van der Waals surface area (Å²) in [4.78, 5) is 57.6. The minimum absolute atomic E-state index is 0.0180. The molecule has 1 atom stereocenters. The summed E-state index contributed by atoms with van der Waals surface area (Å²) < 4.78 is 21.0. The van der Waals surface area contributed by atoms with Crippen LogP contribution in [0.3, 0.4) is 0 Å². The number of primary amides is 1. The van der Waals surface area contributed by atoms with Crippen LogP contribution in [0.15, 0.2) is 0 Å². The van der Waals surface area contributed by atoms with Gasteiger partial charge in [0.25, 0.3) is 0 Å². The molecule has 0 rings (SSSR count). The number of rotatable bonds is 28. The van der Waals surface area contributed by atoms with E-state index in [2.05, 4.69) is 21.3 Å². The molecule has 10 N–H and O–H groups in total. The highest BCUT2D eigenvalue weighted by Gasteiger charge is 2.20. The first-order chi connectivity index (χ1) is 20.1. The fourth-order valence-corrected chi connectivity index (χ4v) is 3.11. The van der Waals surface area contributed by atoms with Crippen LogP contribution < -0.4 is 32.7 Å². The Morgan fingerprint density at radius 1 is 0.619 bits per heavy atom. The molecule has 0 fully saturated rings. The Labute approximate surface area is 245 Å². The van der Waals surface area contributed by atoms with E-state index in [0.29, 0.717) is 39.0 Å². The summed E-state index contributed by atoms with van der Waals surface area (Å²) in [6.45, 7) is 2.18. The molecule has 0 heterocycles. The second kappa shape index (κ2) is 26.9. The van der Waals surface area contributed by atoms with Crippen molar-refractivity contribution in [1.29, 1.82) is 0 Å². The zero-order valence-electron chi connectivity index (χ0n) is 24.1. The SMILES string of the molecule is NCCCC(=O)NCCOCCOCC(=O)NCCOCCOCC(=O)N[C@@H](CCC(=O)NCCCC(N)=O)C(O)O. The number of hydrogen-bond acceptors (Lipinski definition) is 12. The molecular formula is C25H48N6O11. The van der Waals surface area contributed by atoms with Crippen LogP contribution in [0, 0.1) is 0 Å². The van der Waals surface area contributed by atoms with Crippen LogP contribution in [0.1, 0.15) is 38.5 Å². The minimum atomic E-state index is -1.87. The van der Waals surface area contributed by atoms with E-state index >= 15 is 0 Å². The number of nitrogens with one attached hydrogen (secondary N) is 4. The zero-order chi connectivity index (χ0) is 31.4. The Morgan fingerprint density at radius 3 is 1.71 bits per heavy atom. The summed E-state index contributed by atoms with van der Waals surface area (Å²) >= 11 is 0. The van der Waals surface area contributed by atoms with Crippen molar-refractivity contribution in [3.8, 4) is 0 Å². The molecule has 0 aliphatic rings. The maximum absolute atomic E-state index is 12.0. The van der Waals surface area contributed by atoms with Crippen molar-refractivity contribution in [3.05, 3.63) is 0 Å². The van der Waals surface area contributed by atoms with Crippen LogP contribution in [0.25, 0.3) is 0 Å². The number of carbonyl (C=O) groups is 5. The van der Waals surface area contributed by atoms with E-state index in [4.69, 9.17) is 30.4 Å². The summed E-state index contributed by atoms with van der Waals surface area (Å²) in [6, 6.07) is -1.07. The molecule has 0 aromatic heterocycles. The van der Waals surface area contributed by atoms with Gasteiger partial charge >= 0.3 is 0 Å². The molecule has 0 saturated heterocycles. The van der Waals surface area contributed by atoms with Gasteiger partial charge in [-0.1, -0.05) is 0 Å². The monoisotopic (exact) mass is 608 g/mol. The van der Waals surface area contributed by atoms with Crippen LogP contribution in [0.5, 0.6) is 0 Å². The molecule has 0 saturated carbocycles. The number of amides is 5. The molecule has 244 valence electrons. The van der Waals surface area contributed by atoms with Gasteiger partial charge < -0.3 is 61.9 Å². The number of aliphatic hydroxyl groups is 2. The van der Waals surface area contributed by atoms with Crippen molar-refractivity contribution in [3.63, 3.8) is 0 Å². The molecule has 0 bridgehead atoms. The fourth-order valence-electron chi connectivity index (χ4n) is 3.11. The average molecular weight is 609 g/mol. The van der Waals surface area contributed by atoms with Crippen LogP contribution in [-0.4, -0.2) is 131 Å². The van der Waals surface area contributed by atoms with Crippen molar-refractivity contribution in [2.75, 3.05) is 79.0 Å². The quantitative estimate of drug-likeness (QED) is 0.0312. The Morgan fingerprint density at radius 2 is 1.14 bits per heavy atom. The summed E-state index contributed by atoms with van der Waals surface area (Å²) in [5.74, 6) is -1.82. The predicted octanol–water partition coefficient (Wildman–Crippen LogP) is -4.02. The summed E-state index contributed by atoms with van der Waals surface area (Å²) in [6.07, 6.45) is -0.385. The Hall–Kier alpha value is -2.93. The van der Waals surface area contributed by atoms with E-state index in [1.54, 1.807) is 0 Å². The van der Waals surface area contributed by atoms with E-state index in [1.165, 1.54) is 0 Å². The van der Waals surface area contributed by atoms with Gasteiger partial charge in [-0.25, -0.2) is 0 Å². The molecule has 0 aromatic carbocycles. The minimum Gasteiger partial charge on any atom is -0.377 e. The number of nitrogens with two attached hydrogens (primary N) is 2. The van der Waals surface area contributed by atoms with Crippen molar-refractivity contribution < 1.29 is 53.1 Å². The number of hydrogen-bond donors (Lipinski definition) is 8. The van der Waals surface area contributed by atoms with Crippen molar-refractivity contribution in [2.45, 2.75) is 50.9 Å². The number of aliphatic hydroxyl groups excluding tert-OH is 1. The maximum atomic E-state index is 12.0. The van der Waals surface area contributed by atoms with Crippen molar-refractivity contribution in [2.24, 2.45) is 11.5 Å². The van der Waals surface area contributed by atoms with Crippen molar-refractivity contribution in [1.82, 2.24) is 21.3 Å². The average Bonchev–Trinajstić information content (AvgIpc) is 2.94. The zero-order valence-corrected chi connectivity index (χ0v) is 24.1. The highest BCUT2D eigenvalue weighted by atomic mass is 16.5. The molecule has 0 spiro atoms. The van der Waals surface area contributed by atoms with E-state index < -0.39 is 24.1 Å². The normalized spacial score (nSPS) is 11.6. The Bertz CT molecular complexity index is 773. The smallest absolute Gasteiger partial charge is 0.246 e. The van der Waals surface area contributed by atoms with Gasteiger partial charge in [-0.05, 0) is 25.8 Å². The van der Waals surface area contributed by atoms with E-state index in [1.807, 2.05) is 0 Å². The molecule has 0 unspecified atom stereocenters. The molecule has 0 aliphatic carbocycles. The lowest BCUT2D eigenvalue weighted by atomic mass is 10.1. The molecule has 17 heteroatoms. The molecule has 0 radical (unpaired) electrons. The summed E-state index contributed by atoms with van der Waals surface area (Å²) in [5.41, 5.74) is 10.4. The van der Waals surface area contributed by atoms with Gasteiger partial charge in [0.1, 0.15) is 13.2 Å². The van der Waals surface area contributed by atoms with Crippen LogP contribution in [0.4, 0.5) is 0 Å². The Kier molecular flexibility index (Phi) is 25.1. The number of ether oxygens (including phenoxy) is 4. The topological polar surface area (TPSA) is 263 Å². The molecule has 0 aromatic rings. The van der Waals surface area contributed by atoms with Gasteiger partial charge in [0.05, 0.1) is 45.7 Å². The molecule has 42 heavy (non-hydrogen) atoms. The first-order valence-corrected chi connectivity index (χ1v) is 13.9. The lowest BCUT2D eigenvalue weighted by Crippen LogP contribution is -2.45. The highest BCUT2D eigenvalue weighted by molar-refractivity contribution is 5.78. The van der Waals surface area contributed by atoms with Gasteiger partial charge in [-0.15, -0.1) is 0 Å². The van der Waals surface area contributed by atoms with Gasteiger partial charge in [0, 0.05) is 38.9 Å². The molecule has 5 amide bonds. The lowest BCUT2D eigenvalue weighted by Gasteiger charge is -2.20. The van der Waals surface area contributed by atoms with E-state index in [9.17, 15) is 34.2 Å². The third kappa shape index (κ3) is 26.0.